The Morgan fingerprint density at radius 2 is 1.70 bits per heavy atom. The molecule has 1 aliphatic heterocycles. The maximum absolute atomic E-state index is 13.1. The molecule has 0 radical (unpaired) electrons. The summed E-state index contributed by atoms with van der Waals surface area (Å²) in [5.74, 6) is -2.10. The van der Waals surface area contributed by atoms with Crippen LogP contribution in [-0.4, -0.2) is 93.8 Å². The molecule has 3 rings (SSSR count). The van der Waals surface area contributed by atoms with E-state index in [0.717, 1.165) is 25.9 Å². The molecule has 0 atom stereocenters. The second-order valence-corrected chi connectivity index (χ2v) is 9.12. The number of carbonyl (C=O) groups is 2. The average Bonchev–Trinajstić information content (AvgIpc) is 3.62. The van der Waals surface area contributed by atoms with E-state index in [1.807, 2.05) is 0 Å². The van der Waals surface area contributed by atoms with Crippen LogP contribution in [0, 0.1) is 0 Å². The number of piperazine rings is 1. The summed E-state index contributed by atoms with van der Waals surface area (Å²) < 4.78 is 69.7. The standard InChI is InChI=1S/C17H25N3O5S.C2HF3O2/c1-24-15-6-5-14(11-16(15)25-2)26(22,23)20(13-3-4-13)12-17(21)19-9-7-18-8-10-19;3-2(4,5)1(6)7/h5-6,11,13,18H,3-4,7-10,12H2,1-2H3;(H,6,7). The number of nitrogens with one attached hydrogen (secondary N) is 1. The molecule has 1 heterocycles. The van der Waals surface area contributed by atoms with Crippen molar-refractivity contribution in [3.8, 4) is 11.5 Å². The van der Waals surface area contributed by atoms with Crippen LogP contribution < -0.4 is 14.8 Å². The molecule has 1 aromatic carbocycles. The number of alkyl halides is 3. The van der Waals surface area contributed by atoms with Crippen LogP contribution in [0.2, 0.25) is 0 Å². The quantitative estimate of drug-likeness (QED) is 0.570. The molecule has 0 spiro atoms. The fraction of sp³-hybridized carbons (Fsp3) is 0.579. The summed E-state index contributed by atoms with van der Waals surface area (Å²) >= 11 is 0. The lowest BCUT2D eigenvalue weighted by molar-refractivity contribution is -0.192. The van der Waals surface area contributed by atoms with Gasteiger partial charge in [-0.15, -0.1) is 0 Å². The Kier molecular flexibility index (Phi) is 8.91. The number of amides is 1. The Labute approximate surface area is 189 Å². The first-order valence-corrected chi connectivity index (χ1v) is 11.4. The maximum atomic E-state index is 13.1. The number of benzene rings is 1. The van der Waals surface area contributed by atoms with E-state index in [4.69, 9.17) is 19.4 Å². The zero-order chi connectivity index (χ0) is 24.8. The van der Waals surface area contributed by atoms with Gasteiger partial charge in [-0.25, -0.2) is 13.2 Å². The first-order chi connectivity index (χ1) is 15.4. The Morgan fingerprint density at radius 3 is 2.15 bits per heavy atom. The summed E-state index contributed by atoms with van der Waals surface area (Å²) in [6.45, 7) is 2.55. The molecule has 1 aliphatic carbocycles. The van der Waals surface area contributed by atoms with Crippen molar-refractivity contribution < 1.29 is 45.8 Å². The molecule has 0 aromatic heterocycles. The molecule has 186 valence electrons. The number of aliphatic carboxylic acids is 1. The highest BCUT2D eigenvalue weighted by Gasteiger charge is 2.40. The van der Waals surface area contributed by atoms with Gasteiger partial charge in [0.25, 0.3) is 0 Å². The SMILES string of the molecule is COc1ccc(S(=O)(=O)N(CC(=O)N2CCNCC2)C2CC2)cc1OC.O=C(O)C(F)(F)F. The van der Waals surface area contributed by atoms with Crippen molar-refractivity contribution in [3.05, 3.63) is 18.2 Å². The zero-order valence-electron chi connectivity index (χ0n) is 18.1. The highest BCUT2D eigenvalue weighted by Crippen LogP contribution is 2.35. The number of hydrogen-bond donors (Lipinski definition) is 2. The number of carbonyl (C=O) groups excluding carboxylic acids is 1. The van der Waals surface area contributed by atoms with Gasteiger partial charge in [-0.05, 0) is 25.0 Å². The summed E-state index contributed by atoms with van der Waals surface area (Å²) in [5, 5.41) is 10.3. The van der Waals surface area contributed by atoms with Gasteiger partial charge in [0.1, 0.15) is 0 Å². The Morgan fingerprint density at radius 1 is 1.15 bits per heavy atom. The number of sulfonamides is 1. The van der Waals surface area contributed by atoms with E-state index in [0.29, 0.717) is 24.6 Å². The van der Waals surface area contributed by atoms with Crippen LogP contribution in [0.5, 0.6) is 11.5 Å². The number of methoxy groups -OCH3 is 2. The lowest BCUT2D eigenvalue weighted by Gasteiger charge is -2.30. The van der Waals surface area contributed by atoms with Gasteiger partial charge in [0.05, 0.1) is 25.7 Å². The molecule has 1 saturated heterocycles. The highest BCUT2D eigenvalue weighted by molar-refractivity contribution is 7.89. The highest BCUT2D eigenvalue weighted by atomic mass is 32.2. The zero-order valence-corrected chi connectivity index (χ0v) is 18.9. The van der Waals surface area contributed by atoms with Crippen molar-refractivity contribution in [1.82, 2.24) is 14.5 Å². The molecule has 2 aliphatic rings. The third-order valence-corrected chi connectivity index (χ3v) is 6.81. The third-order valence-electron chi connectivity index (χ3n) is 4.92. The van der Waals surface area contributed by atoms with Crippen LogP contribution in [0.1, 0.15) is 12.8 Å². The smallest absolute Gasteiger partial charge is 0.490 e. The molecule has 0 bridgehead atoms. The summed E-state index contributed by atoms with van der Waals surface area (Å²) in [5.41, 5.74) is 0. The molecular formula is C19H26F3N3O7S. The Balaban J connectivity index is 0.000000479. The topological polar surface area (TPSA) is 125 Å². The molecular weight excluding hydrogens is 471 g/mol. The van der Waals surface area contributed by atoms with E-state index < -0.39 is 22.2 Å². The van der Waals surface area contributed by atoms with Crippen LogP contribution in [-0.2, 0) is 19.6 Å². The largest absolute Gasteiger partial charge is 0.493 e. The first kappa shape index (κ1) is 26.7. The van der Waals surface area contributed by atoms with Crippen LogP contribution >= 0.6 is 0 Å². The van der Waals surface area contributed by atoms with Gasteiger partial charge in [-0.2, -0.15) is 17.5 Å². The number of carboxylic acid groups (broad SMARTS) is 1. The van der Waals surface area contributed by atoms with Gasteiger partial charge >= 0.3 is 12.1 Å². The predicted molar refractivity (Wildman–Crippen MR) is 110 cm³/mol. The second kappa shape index (κ2) is 11.0. The molecule has 1 saturated carbocycles. The molecule has 33 heavy (non-hydrogen) atoms. The molecule has 1 amide bonds. The van der Waals surface area contributed by atoms with Crippen molar-refractivity contribution >= 4 is 21.9 Å². The van der Waals surface area contributed by atoms with Crippen molar-refractivity contribution in [2.24, 2.45) is 0 Å². The van der Waals surface area contributed by atoms with Crippen molar-refractivity contribution in [2.75, 3.05) is 46.9 Å². The van der Waals surface area contributed by atoms with Crippen LogP contribution in [0.4, 0.5) is 13.2 Å². The minimum atomic E-state index is -5.08. The minimum Gasteiger partial charge on any atom is -0.493 e. The lowest BCUT2D eigenvalue weighted by Crippen LogP contribution is -2.50. The third kappa shape index (κ3) is 7.20. The van der Waals surface area contributed by atoms with Crippen molar-refractivity contribution in [3.63, 3.8) is 0 Å². The van der Waals surface area contributed by atoms with Gasteiger partial charge in [0.15, 0.2) is 11.5 Å². The Hall–Kier alpha value is -2.58. The number of ether oxygens (including phenoxy) is 2. The van der Waals surface area contributed by atoms with Gasteiger partial charge in [0.2, 0.25) is 15.9 Å². The fourth-order valence-electron chi connectivity index (χ4n) is 3.03. The fourth-order valence-corrected chi connectivity index (χ4v) is 4.68. The number of carboxylic acids is 1. The normalized spacial score (nSPS) is 16.6. The summed E-state index contributed by atoms with van der Waals surface area (Å²) in [6.07, 6.45) is -3.53. The molecule has 14 heteroatoms. The number of nitrogens with zero attached hydrogens (tertiary/aromatic N) is 2. The van der Waals surface area contributed by atoms with Crippen LogP contribution in [0.3, 0.4) is 0 Å². The van der Waals surface area contributed by atoms with Crippen molar-refractivity contribution in [1.29, 1.82) is 0 Å². The maximum Gasteiger partial charge on any atom is 0.490 e. The van der Waals surface area contributed by atoms with Gasteiger partial charge in [-0.1, -0.05) is 0 Å². The summed E-state index contributed by atoms with van der Waals surface area (Å²) in [4.78, 5) is 23.3. The van der Waals surface area contributed by atoms with Gasteiger partial charge in [-0.3, -0.25) is 4.79 Å². The van der Waals surface area contributed by atoms with Crippen molar-refractivity contribution in [2.45, 2.75) is 30.0 Å². The van der Waals surface area contributed by atoms with E-state index in [2.05, 4.69) is 5.32 Å². The lowest BCUT2D eigenvalue weighted by atomic mass is 10.3. The monoisotopic (exact) mass is 497 g/mol. The Bertz CT molecular complexity index is 946. The first-order valence-electron chi connectivity index (χ1n) is 9.94. The van der Waals surface area contributed by atoms with E-state index in [1.54, 1.807) is 11.0 Å². The number of rotatable bonds is 7. The minimum absolute atomic E-state index is 0.107. The summed E-state index contributed by atoms with van der Waals surface area (Å²) in [6, 6.07) is 4.38. The van der Waals surface area contributed by atoms with E-state index in [1.165, 1.54) is 30.7 Å². The molecule has 2 N–H and O–H groups in total. The molecule has 0 unspecified atom stereocenters. The molecule has 10 nitrogen and oxygen atoms in total. The van der Waals surface area contributed by atoms with Crippen LogP contribution in [0.25, 0.3) is 0 Å². The number of halogens is 3. The van der Waals surface area contributed by atoms with Crippen LogP contribution in [0.15, 0.2) is 23.1 Å². The van der Waals surface area contributed by atoms with E-state index in [-0.39, 0.29) is 23.4 Å². The predicted octanol–water partition coefficient (Wildman–Crippen LogP) is 0.922. The van der Waals surface area contributed by atoms with Gasteiger partial charge < -0.3 is 24.8 Å². The molecule has 2 fully saturated rings. The number of hydrogen-bond acceptors (Lipinski definition) is 7. The summed E-state index contributed by atoms with van der Waals surface area (Å²) in [7, 11) is -0.841. The van der Waals surface area contributed by atoms with Gasteiger partial charge in [0, 0.05) is 38.3 Å². The van der Waals surface area contributed by atoms with E-state index in [9.17, 15) is 26.4 Å². The van der Waals surface area contributed by atoms with E-state index >= 15 is 0 Å². The average molecular weight is 497 g/mol. The molecule has 1 aromatic rings. The second-order valence-electron chi connectivity index (χ2n) is 7.23.